The van der Waals surface area contributed by atoms with Gasteiger partial charge in [0.2, 0.25) is 0 Å². The standard InChI is InChI=1S/C11H14N2O/c1-7-12-10-8(14-7)5-6-9(13-10)11(2,3)4/h5-6H,1H2,2-4H3,(H,12,13). The van der Waals surface area contributed by atoms with Gasteiger partial charge in [0, 0.05) is 11.1 Å². The van der Waals surface area contributed by atoms with E-state index in [1.54, 1.807) is 0 Å². The minimum absolute atomic E-state index is 0.0562. The van der Waals surface area contributed by atoms with E-state index in [-0.39, 0.29) is 5.41 Å². The highest BCUT2D eigenvalue weighted by Gasteiger charge is 2.21. The molecule has 0 aromatic carbocycles. The lowest BCUT2D eigenvalue weighted by Gasteiger charge is -2.17. The molecule has 1 aliphatic rings. The molecule has 0 unspecified atom stereocenters. The second-order valence-corrected chi connectivity index (χ2v) is 4.44. The van der Waals surface area contributed by atoms with Crippen molar-refractivity contribution in [2.24, 2.45) is 0 Å². The number of rotatable bonds is 0. The van der Waals surface area contributed by atoms with E-state index in [1.807, 2.05) is 12.1 Å². The van der Waals surface area contributed by atoms with E-state index >= 15 is 0 Å². The molecule has 0 bridgehead atoms. The lowest BCUT2D eigenvalue weighted by atomic mass is 9.92. The minimum atomic E-state index is 0.0562. The van der Waals surface area contributed by atoms with Crippen LogP contribution in [0, 0.1) is 0 Å². The van der Waals surface area contributed by atoms with Crippen molar-refractivity contribution in [2.75, 3.05) is 5.32 Å². The highest BCUT2D eigenvalue weighted by molar-refractivity contribution is 5.58. The third-order valence-corrected chi connectivity index (χ3v) is 2.12. The number of hydrogen-bond donors (Lipinski definition) is 1. The van der Waals surface area contributed by atoms with Gasteiger partial charge in [-0.15, -0.1) is 0 Å². The third-order valence-electron chi connectivity index (χ3n) is 2.12. The second kappa shape index (κ2) is 2.74. The van der Waals surface area contributed by atoms with Crippen LogP contribution < -0.4 is 10.1 Å². The van der Waals surface area contributed by atoms with Crippen molar-refractivity contribution in [2.45, 2.75) is 26.2 Å². The Balaban J connectivity index is 2.43. The van der Waals surface area contributed by atoms with Gasteiger partial charge in [0.1, 0.15) is 0 Å². The molecule has 14 heavy (non-hydrogen) atoms. The Bertz CT molecular complexity index is 391. The summed E-state index contributed by atoms with van der Waals surface area (Å²) in [6.45, 7) is 10.1. The number of nitrogens with zero attached hydrogens (tertiary/aromatic N) is 1. The summed E-state index contributed by atoms with van der Waals surface area (Å²) >= 11 is 0. The van der Waals surface area contributed by atoms with Gasteiger partial charge in [0.15, 0.2) is 17.5 Å². The van der Waals surface area contributed by atoms with Crippen LogP contribution in [-0.4, -0.2) is 4.98 Å². The molecule has 1 aromatic rings. The van der Waals surface area contributed by atoms with Crippen LogP contribution in [0.2, 0.25) is 0 Å². The zero-order chi connectivity index (χ0) is 10.3. The van der Waals surface area contributed by atoms with Gasteiger partial charge in [-0.25, -0.2) is 4.98 Å². The molecule has 1 aromatic heterocycles. The average molecular weight is 190 g/mol. The zero-order valence-electron chi connectivity index (χ0n) is 8.72. The molecule has 2 rings (SSSR count). The predicted molar refractivity (Wildman–Crippen MR) is 56.3 cm³/mol. The topological polar surface area (TPSA) is 34.2 Å². The van der Waals surface area contributed by atoms with Crippen molar-refractivity contribution in [3.63, 3.8) is 0 Å². The van der Waals surface area contributed by atoms with Crippen LogP contribution >= 0.6 is 0 Å². The normalized spacial score (nSPS) is 14.6. The Labute approximate surface area is 83.8 Å². The fourth-order valence-corrected chi connectivity index (χ4v) is 1.33. The number of ether oxygens (including phenoxy) is 1. The molecular weight excluding hydrogens is 176 g/mol. The number of hydrogen-bond acceptors (Lipinski definition) is 3. The summed E-state index contributed by atoms with van der Waals surface area (Å²) < 4.78 is 5.31. The van der Waals surface area contributed by atoms with E-state index in [1.165, 1.54) is 0 Å². The van der Waals surface area contributed by atoms with Crippen molar-refractivity contribution >= 4 is 5.82 Å². The minimum Gasteiger partial charge on any atom is -0.438 e. The number of pyridine rings is 1. The van der Waals surface area contributed by atoms with Crippen LogP contribution in [0.3, 0.4) is 0 Å². The monoisotopic (exact) mass is 190 g/mol. The van der Waals surface area contributed by atoms with Crippen LogP contribution in [0.15, 0.2) is 24.6 Å². The first-order valence-corrected chi connectivity index (χ1v) is 4.62. The maximum atomic E-state index is 5.31. The van der Waals surface area contributed by atoms with Crippen molar-refractivity contribution in [3.05, 3.63) is 30.3 Å². The van der Waals surface area contributed by atoms with Crippen LogP contribution in [0.1, 0.15) is 26.5 Å². The average Bonchev–Trinajstić information content (AvgIpc) is 2.41. The van der Waals surface area contributed by atoms with Crippen LogP contribution in [0.4, 0.5) is 5.82 Å². The Morgan fingerprint density at radius 2 is 2.07 bits per heavy atom. The van der Waals surface area contributed by atoms with E-state index in [2.05, 4.69) is 37.7 Å². The van der Waals surface area contributed by atoms with Gasteiger partial charge in [-0.05, 0) is 18.7 Å². The summed E-state index contributed by atoms with van der Waals surface area (Å²) in [4.78, 5) is 4.48. The van der Waals surface area contributed by atoms with Gasteiger partial charge >= 0.3 is 0 Å². The quantitative estimate of drug-likeness (QED) is 0.683. The maximum absolute atomic E-state index is 5.31. The number of anilines is 1. The molecule has 0 amide bonds. The molecule has 3 nitrogen and oxygen atoms in total. The SMILES string of the molecule is C=C1Nc2nc(C(C)(C)C)ccc2O1. The van der Waals surface area contributed by atoms with E-state index in [0.29, 0.717) is 5.88 Å². The Morgan fingerprint density at radius 1 is 1.36 bits per heavy atom. The third kappa shape index (κ3) is 1.45. The van der Waals surface area contributed by atoms with Gasteiger partial charge in [0.05, 0.1) is 0 Å². The Hall–Kier alpha value is -1.51. The van der Waals surface area contributed by atoms with Gasteiger partial charge in [-0.1, -0.05) is 20.8 Å². The summed E-state index contributed by atoms with van der Waals surface area (Å²) in [5.74, 6) is 2.06. The molecule has 74 valence electrons. The fraction of sp³-hybridized carbons (Fsp3) is 0.364. The highest BCUT2D eigenvalue weighted by atomic mass is 16.5. The summed E-state index contributed by atoms with van der Waals surface area (Å²) in [5, 5.41) is 2.98. The van der Waals surface area contributed by atoms with Crippen molar-refractivity contribution in [1.82, 2.24) is 4.98 Å². The van der Waals surface area contributed by atoms with Gasteiger partial charge in [-0.3, -0.25) is 0 Å². The van der Waals surface area contributed by atoms with E-state index in [9.17, 15) is 0 Å². The molecule has 2 heterocycles. The molecule has 0 fully saturated rings. The molecule has 3 heteroatoms. The smallest absolute Gasteiger partial charge is 0.192 e. The summed E-state index contributed by atoms with van der Waals surface area (Å²) in [7, 11) is 0. The lowest BCUT2D eigenvalue weighted by Crippen LogP contribution is -2.13. The molecule has 0 saturated carbocycles. The Kier molecular flexibility index (Phi) is 1.77. The molecule has 0 aliphatic carbocycles. The largest absolute Gasteiger partial charge is 0.438 e. The van der Waals surface area contributed by atoms with Crippen LogP contribution in [0.5, 0.6) is 5.75 Å². The van der Waals surface area contributed by atoms with Crippen LogP contribution in [0.25, 0.3) is 0 Å². The molecule has 1 aliphatic heterocycles. The first kappa shape index (κ1) is 9.06. The summed E-state index contributed by atoms with van der Waals surface area (Å²) in [6.07, 6.45) is 0. The Morgan fingerprint density at radius 3 is 2.71 bits per heavy atom. The van der Waals surface area contributed by atoms with E-state index in [0.717, 1.165) is 17.3 Å². The van der Waals surface area contributed by atoms with E-state index in [4.69, 9.17) is 4.74 Å². The molecular formula is C11H14N2O. The van der Waals surface area contributed by atoms with Crippen molar-refractivity contribution < 1.29 is 4.74 Å². The fourth-order valence-electron chi connectivity index (χ4n) is 1.33. The summed E-state index contributed by atoms with van der Waals surface area (Å²) in [6, 6.07) is 3.91. The number of nitrogens with one attached hydrogen (secondary N) is 1. The number of fused-ring (bicyclic) bond motifs is 1. The maximum Gasteiger partial charge on any atom is 0.192 e. The van der Waals surface area contributed by atoms with Gasteiger partial charge in [-0.2, -0.15) is 0 Å². The molecule has 0 radical (unpaired) electrons. The van der Waals surface area contributed by atoms with Crippen molar-refractivity contribution in [1.29, 1.82) is 0 Å². The predicted octanol–water partition coefficient (Wildman–Crippen LogP) is 2.65. The number of aromatic nitrogens is 1. The first-order chi connectivity index (χ1) is 6.47. The zero-order valence-corrected chi connectivity index (χ0v) is 8.72. The molecule has 1 N–H and O–H groups in total. The molecule has 0 spiro atoms. The van der Waals surface area contributed by atoms with Crippen LogP contribution in [-0.2, 0) is 5.41 Å². The molecule has 0 saturated heterocycles. The van der Waals surface area contributed by atoms with Crippen molar-refractivity contribution in [3.8, 4) is 5.75 Å². The lowest BCUT2D eigenvalue weighted by molar-refractivity contribution is 0.458. The summed E-state index contributed by atoms with van der Waals surface area (Å²) in [5.41, 5.74) is 1.10. The van der Waals surface area contributed by atoms with Gasteiger partial charge < -0.3 is 10.1 Å². The second-order valence-electron chi connectivity index (χ2n) is 4.44. The first-order valence-electron chi connectivity index (χ1n) is 4.62. The molecule has 0 atom stereocenters. The van der Waals surface area contributed by atoms with Gasteiger partial charge in [0.25, 0.3) is 0 Å². The van der Waals surface area contributed by atoms with E-state index < -0.39 is 0 Å². The highest BCUT2D eigenvalue weighted by Crippen LogP contribution is 2.33.